The van der Waals surface area contributed by atoms with Crippen LogP contribution in [0.25, 0.3) is 0 Å². The van der Waals surface area contributed by atoms with Crippen molar-refractivity contribution < 1.29 is 19.1 Å². The van der Waals surface area contributed by atoms with Crippen LogP contribution in [0.5, 0.6) is 0 Å². The lowest BCUT2D eigenvalue weighted by Crippen LogP contribution is -2.20. The molecule has 0 radical (unpaired) electrons. The molecule has 4 heteroatoms. The Morgan fingerprint density at radius 2 is 1.50 bits per heavy atom. The molecule has 0 saturated heterocycles. The van der Waals surface area contributed by atoms with Crippen LogP contribution in [0.4, 0.5) is 0 Å². The predicted octanol–water partition coefficient (Wildman–Crippen LogP) is 3.23. The molecule has 0 aliphatic heterocycles. The average Bonchev–Trinajstić information content (AvgIpc) is 2.29. The van der Waals surface area contributed by atoms with Gasteiger partial charge in [0.15, 0.2) is 0 Å². The van der Waals surface area contributed by atoms with Crippen molar-refractivity contribution in [2.45, 2.75) is 71.8 Å². The maximum Gasteiger partial charge on any atom is 0.306 e. The second-order valence-electron chi connectivity index (χ2n) is 4.41. The molecule has 0 aliphatic carbocycles. The van der Waals surface area contributed by atoms with Crippen molar-refractivity contribution in [2.75, 3.05) is 6.61 Å². The van der Waals surface area contributed by atoms with Crippen LogP contribution in [0.15, 0.2) is 0 Å². The largest absolute Gasteiger partial charge is 0.466 e. The first-order valence-corrected chi connectivity index (χ1v) is 6.99. The Morgan fingerprint density at radius 1 is 0.889 bits per heavy atom. The average molecular weight is 258 g/mol. The monoisotopic (exact) mass is 258 g/mol. The molecule has 0 bridgehead atoms. The molecule has 0 rings (SSSR count). The molecule has 0 saturated carbocycles. The third kappa shape index (κ3) is 9.02. The van der Waals surface area contributed by atoms with Crippen LogP contribution in [-0.4, -0.2) is 24.6 Å². The normalized spacial score (nSPS) is 11.9. The maximum absolute atomic E-state index is 11.4. The van der Waals surface area contributed by atoms with Crippen molar-refractivity contribution >= 4 is 11.9 Å². The van der Waals surface area contributed by atoms with Crippen molar-refractivity contribution in [1.82, 2.24) is 0 Å². The summed E-state index contributed by atoms with van der Waals surface area (Å²) in [7, 11) is 0. The van der Waals surface area contributed by atoms with Crippen LogP contribution in [0, 0.1) is 0 Å². The Labute approximate surface area is 110 Å². The highest BCUT2D eigenvalue weighted by molar-refractivity contribution is 5.69. The van der Waals surface area contributed by atoms with Gasteiger partial charge in [-0.2, -0.15) is 0 Å². The number of esters is 2. The Balaban J connectivity index is 3.88. The van der Waals surface area contributed by atoms with Crippen LogP contribution >= 0.6 is 0 Å². The molecule has 0 amide bonds. The van der Waals surface area contributed by atoms with Crippen molar-refractivity contribution in [3.05, 3.63) is 0 Å². The van der Waals surface area contributed by atoms with Gasteiger partial charge in [-0.1, -0.05) is 27.2 Å². The first kappa shape index (κ1) is 16.9. The van der Waals surface area contributed by atoms with Gasteiger partial charge in [0.25, 0.3) is 0 Å². The van der Waals surface area contributed by atoms with E-state index < -0.39 is 0 Å². The predicted molar refractivity (Wildman–Crippen MR) is 70.2 cm³/mol. The number of hydrogen-bond donors (Lipinski definition) is 0. The first-order valence-electron chi connectivity index (χ1n) is 6.99. The summed E-state index contributed by atoms with van der Waals surface area (Å²) in [5.41, 5.74) is 0. The standard InChI is InChI=1S/C14H26O4/c1-4-7-12(18-14(16)9-6-3)10-11-17-13(15)8-5-2/h12H,4-11H2,1-3H3. The van der Waals surface area contributed by atoms with Gasteiger partial charge < -0.3 is 9.47 Å². The Hall–Kier alpha value is -1.06. The van der Waals surface area contributed by atoms with E-state index in [2.05, 4.69) is 0 Å². The van der Waals surface area contributed by atoms with Gasteiger partial charge in [0.2, 0.25) is 0 Å². The second-order valence-corrected chi connectivity index (χ2v) is 4.41. The fourth-order valence-electron chi connectivity index (χ4n) is 1.61. The van der Waals surface area contributed by atoms with Crippen LogP contribution in [0.1, 0.15) is 65.7 Å². The summed E-state index contributed by atoms with van der Waals surface area (Å²) in [6.45, 7) is 6.27. The summed E-state index contributed by atoms with van der Waals surface area (Å²) in [6.07, 6.45) is 4.74. The number of carbonyl (C=O) groups excluding carboxylic acids is 2. The lowest BCUT2D eigenvalue weighted by Gasteiger charge is -2.17. The highest BCUT2D eigenvalue weighted by Gasteiger charge is 2.14. The summed E-state index contributed by atoms with van der Waals surface area (Å²) < 4.78 is 10.4. The molecule has 0 aromatic carbocycles. The summed E-state index contributed by atoms with van der Waals surface area (Å²) in [5.74, 6) is -0.330. The van der Waals surface area contributed by atoms with E-state index in [0.29, 0.717) is 25.9 Å². The zero-order valence-corrected chi connectivity index (χ0v) is 11.9. The molecule has 0 N–H and O–H groups in total. The van der Waals surface area contributed by atoms with Gasteiger partial charge in [0.05, 0.1) is 6.61 Å². The smallest absolute Gasteiger partial charge is 0.306 e. The quantitative estimate of drug-likeness (QED) is 0.564. The molecule has 18 heavy (non-hydrogen) atoms. The molecule has 0 fully saturated rings. The topological polar surface area (TPSA) is 52.6 Å². The van der Waals surface area contributed by atoms with Gasteiger partial charge in [0.1, 0.15) is 6.10 Å². The SMILES string of the molecule is CCCC(=O)OCCC(CCC)OC(=O)CCC. The molecule has 106 valence electrons. The van der Waals surface area contributed by atoms with E-state index in [0.717, 1.165) is 25.7 Å². The van der Waals surface area contributed by atoms with E-state index in [-0.39, 0.29) is 18.0 Å². The maximum atomic E-state index is 11.4. The van der Waals surface area contributed by atoms with E-state index >= 15 is 0 Å². The van der Waals surface area contributed by atoms with E-state index in [1.54, 1.807) is 0 Å². The zero-order valence-electron chi connectivity index (χ0n) is 11.9. The minimum Gasteiger partial charge on any atom is -0.466 e. The van der Waals surface area contributed by atoms with Crippen LogP contribution < -0.4 is 0 Å². The van der Waals surface area contributed by atoms with Crippen molar-refractivity contribution in [3.63, 3.8) is 0 Å². The Morgan fingerprint density at radius 3 is 2.06 bits per heavy atom. The van der Waals surface area contributed by atoms with Gasteiger partial charge in [0, 0.05) is 19.3 Å². The molecule has 1 atom stereocenters. The fraction of sp³-hybridized carbons (Fsp3) is 0.857. The number of hydrogen-bond acceptors (Lipinski definition) is 4. The summed E-state index contributed by atoms with van der Waals surface area (Å²) in [5, 5.41) is 0. The highest BCUT2D eigenvalue weighted by atomic mass is 16.6. The van der Waals surface area contributed by atoms with Gasteiger partial charge in [-0.3, -0.25) is 9.59 Å². The highest BCUT2D eigenvalue weighted by Crippen LogP contribution is 2.09. The fourth-order valence-corrected chi connectivity index (χ4v) is 1.61. The molecular formula is C14H26O4. The van der Waals surface area contributed by atoms with Crippen molar-refractivity contribution in [2.24, 2.45) is 0 Å². The van der Waals surface area contributed by atoms with E-state index in [4.69, 9.17) is 9.47 Å². The molecule has 1 unspecified atom stereocenters. The van der Waals surface area contributed by atoms with Gasteiger partial charge in [-0.15, -0.1) is 0 Å². The van der Waals surface area contributed by atoms with Crippen LogP contribution in [-0.2, 0) is 19.1 Å². The first-order chi connectivity index (χ1) is 8.63. The second kappa shape index (κ2) is 11.1. The summed E-state index contributed by atoms with van der Waals surface area (Å²) in [4.78, 5) is 22.6. The zero-order chi connectivity index (χ0) is 13.8. The molecule has 0 aliphatic rings. The van der Waals surface area contributed by atoms with Gasteiger partial charge >= 0.3 is 11.9 Å². The number of ether oxygens (including phenoxy) is 2. The Bertz CT molecular complexity index is 238. The summed E-state index contributed by atoms with van der Waals surface area (Å²) in [6, 6.07) is 0. The lowest BCUT2D eigenvalue weighted by atomic mass is 10.1. The van der Waals surface area contributed by atoms with Crippen molar-refractivity contribution in [3.8, 4) is 0 Å². The molecule has 0 aromatic rings. The van der Waals surface area contributed by atoms with Gasteiger partial charge in [-0.25, -0.2) is 0 Å². The van der Waals surface area contributed by atoms with Crippen LogP contribution in [0.2, 0.25) is 0 Å². The molecule has 4 nitrogen and oxygen atoms in total. The van der Waals surface area contributed by atoms with E-state index in [9.17, 15) is 9.59 Å². The molecule has 0 aromatic heterocycles. The molecular weight excluding hydrogens is 232 g/mol. The van der Waals surface area contributed by atoms with Gasteiger partial charge in [-0.05, 0) is 19.3 Å². The molecule has 0 spiro atoms. The lowest BCUT2D eigenvalue weighted by molar-refractivity contribution is -0.151. The van der Waals surface area contributed by atoms with E-state index in [1.165, 1.54) is 0 Å². The third-order valence-electron chi connectivity index (χ3n) is 2.52. The van der Waals surface area contributed by atoms with E-state index in [1.807, 2.05) is 20.8 Å². The minimum atomic E-state index is -0.173. The number of carbonyl (C=O) groups is 2. The van der Waals surface area contributed by atoms with Crippen molar-refractivity contribution in [1.29, 1.82) is 0 Å². The van der Waals surface area contributed by atoms with Crippen LogP contribution in [0.3, 0.4) is 0 Å². The minimum absolute atomic E-state index is 0.122. The molecule has 0 heterocycles. The number of rotatable bonds is 10. The Kier molecular flexibility index (Phi) is 10.4. The third-order valence-corrected chi connectivity index (χ3v) is 2.52. The summed E-state index contributed by atoms with van der Waals surface area (Å²) >= 11 is 0.